The van der Waals surface area contributed by atoms with E-state index in [1.54, 1.807) is 22.9 Å². The molecule has 170 valence electrons. The molecular weight excluding hydrogens is 461 g/mol. The van der Waals surface area contributed by atoms with Gasteiger partial charge in [0.05, 0.1) is 32.8 Å². The van der Waals surface area contributed by atoms with Crippen molar-refractivity contribution < 1.29 is 10.0 Å². The number of anilines is 2. The van der Waals surface area contributed by atoms with Crippen molar-refractivity contribution in [2.24, 2.45) is 5.16 Å². The summed E-state index contributed by atoms with van der Waals surface area (Å²) in [5, 5.41) is 24.0. The first-order chi connectivity index (χ1) is 16.0. The molecule has 3 N–H and O–H groups in total. The average Bonchev–Trinajstić information content (AvgIpc) is 3.55. The number of carbonyl (C=O) groups is 1. The molecule has 1 fully saturated rings. The van der Waals surface area contributed by atoms with E-state index in [-0.39, 0.29) is 5.02 Å². The number of urea groups is 1. The van der Waals surface area contributed by atoms with Crippen molar-refractivity contribution in [1.82, 2.24) is 9.78 Å². The van der Waals surface area contributed by atoms with Crippen LogP contribution >= 0.6 is 23.2 Å². The first-order valence-corrected chi connectivity index (χ1v) is 11.8. The number of fused-ring (bicyclic) bond motifs is 1. The molecule has 1 saturated carbocycles. The van der Waals surface area contributed by atoms with Crippen molar-refractivity contribution in [2.45, 2.75) is 44.4 Å². The van der Waals surface area contributed by atoms with Crippen LogP contribution in [-0.2, 0) is 6.42 Å². The molecule has 0 saturated heterocycles. The van der Waals surface area contributed by atoms with Gasteiger partial charge in [0.25, 0.3) is 0 Å². The van der Waals surface area contributed by atoms with Gasteiger partial charge < -0.3 is 10.5 Å². The molecule has 2 amide bonds. The Kier molecular flexibility index (Phi) is 6.00. The van der Waals surface area contributed by atoms with Crippen molar-refractivity contribution in [3.8, 4) is 5.69 Å². The van der Waals surface area contributed by atoms with E-state index in [1.165, 1.54) is 12.8 Å². The normalized spacial score (nSPS) is 16.8. The molecule has 0 atom stereocenters. The highest BCUT2D eigenvalue weighted by molar-refractivity contribution is 6.44. The summed E-state index contributed by atoms with van der Waals surface area (Å²) in [4.78, 5) is 12.8. The second kappa shape index (κ2) is 9.08. The van der Waals surface area contributed by atoms with E-state index in [0.717, 1.165) is 41.8 Å². The lowest BCUT2D eigenvalue weighted by Crippen LogP contribution is -2.21. The van der Waals surface area contributed by atoms with Crippen LogP contribution in [0.2, 0.25) is 10.0 Å². The molecule has 0 aliphatic heterocycles. The van der Waals surface area contributed by atoms with E-state index in [2.05, 4.69) is 15.8 Å². The number of benzene rings is 2. The molecule has 1 aromatic heterocycles. The highest BCUT2D eigenvalue weighted by atomic mass is 35.5. The third-order valence-corrected chi connectivity index (χ3v) is 7.16. The second-order valence-electron chi connectivity index (χ2n) is 8.42. The smallest absolute Gasteiger partial charge is 0.324 e. The Labute approximate surface area is 201 Å². The molecule has 2 aliphatic rings. The second-order valence-corrected chi connectivity index (χ2v) is 9.20. The Morgan fingerprint density at radius 2 is 1.91 bits per heavy atom. The number of rotatable bonds is 4. The van der Waals surface area contributed by atoms with E-state index in [0.29, 0.717) is 34.6 Å². The predicted molar refractivity (Wildman–Crippen MR) is 131 cm³/mol. The number of aromatic nitrogens is 2. The van der Waals surface area contributed by atoms with Gasteiger partial charge in [-0.05, 0) is 55.5 Å². The molecule has 2 aliphatic carbocycles. The fraction of sp³-hybridized carbons (Fsp3) is 0.292. The van der Waals surface area contributed by atoms with Gasteiger partial charge in [0.1, 0.15) is 5.82 Å². The lowest BCUT2D eigenvalue weighted by Gasteiger charge is -2.12. The standard InChI is InChI=1S/C24H23Cl2N5O2/c25-18-6-3-7-20(23(18)26)27-24(32)28-22-13-21(15-4-1-2-5-15)29-31(22)16-10-8-14-9-11-19(30-33)17(14)12-16/h3,6-8,10,12-13,15,33H,1-2,4-5,9,11H2,(H2,27,28,32)/b30-19-. The summed E-state index contributed by atoms with van der Waals surface area (Å²) < 4.78 is 1.74. The van der Waals surface area contributed by atoms with Gasteiger partial charge in [0.15, 0.2) is 0 Å². The summed E-state index contributed by atoms with van der Waals surface area (Å²) in [5.74, 6) is 0.925. The molecule has 0 bridgehead atoms. The molecule has 9 heteroatoms. The Morgan fingerprint density at radius 3 is 2.70 bits per heavy atom. The minimum absolute atomic E-state index is 0.281. The van der Waals surface area contributed by atoms with Crippen LogP contribution in [-0.4, -0.2) is 26.7 Å². The van der Waals surface area contributed by atoms with Crippen molar-refractivity contribution in [3.63, 3.8) is 0 Å². The van der Waals surface area contributed by atoms with E-state index < -0.39 is 6.03 Å². The molecular formula is C24H23Cl2N5O2. The highest BCUT2D eigenvalue weighted by Gasteiger charge is 2.24. The van der Waals surface area contributed by atoms with Crippen LogP contribution in [0.3, 0.4) is 0 Å². The number of nitrogens with one attached hydrogen (secondary N) is 2. The first kappa shape index (κ1) is 21.8. The van der Waals surface area contributed by atoms with Gasteiger partial charge in [-0.1, -0.05) is 53.3 Å². The predicted octanol–water partition coefficient (Wildman–Crippen LogP) is 6.61. The number of halogens is 2. The van der Waals surface area contributed by atoms with Crippen molar-refractivity contribution in [2.75, 3.05) is 10.6 Å². The maximum absolute atomic E-state index is 12.8. The quantitative estimate of drug-likeness (QED) is 0.288. The zero-order chi connectivity index (χ0) is 22.9. The summed E-state index contributed by atoms with van der Waals surface area (Å²) in [6.45, 7) is 0. The largest absolute Gasteiger partial charge is 0.411 e. The summed E-state index contributed by atoms with van der Waals surface area (Å²) in [5.41, 5.74) is 4.88. The molecule has 0 spiro atoms. The van der Waals surface area contributed by atoms with E-state index in [9.17, 15) is 10.0 Å². The summed E-state index contributed by atoms with van der Waals surface area (Å²) >= 11 is 12.3. The average molecular weight is 484 g/mol. The maximum atomic E-state index is 12.8. The third-order valence-electron chi connectivity index (χ3n) is 6.34. The van der Waals surface area contributed by atoms with Gasteiger partial charge in [0.2, 0.25) is 0 Å². The van der Waals surface area contributed by atoms with Gasteiger partial charge in [-0.3, -0.25) is 5.32 Å². The Balaban J connectivity index is 1.48. The van der Waals surface area contributed by atoms with Crippen LogP contribution < -0.4 is 10.6 Å². The topological polar surface area (TPSA) is 91.5 Å². The maximum Gasteiger partial charge on any atom is 0.324 e. The van der Waals surface area contributed by atoms with Crippen LogP contribution in [0.15, 0.2) is 47.6 Å². The Hall–Kier alpha value is -3.03. The van der Waals surface area contributed by atoms with Gasteiger partial charge in [-0.15, -0.1) is 0 Å². The van der Waals surface area contributed by atoms with Crippen molar-refractivity contribution in [3.05, 3.63) is 69.3 Å². The number of aryl methyl sites for hydroxylation is 1. The van der Waals surface area contributed by atoms with Crippen molar-refractivity contribution in [1.29, 1.82) is 0 Å². The van der Waals surface area contributed by atoms with Crippen LogP contribution in [0, 0.1) is 0 Å². The van der Waals surface area contributed by atoms with Crippen LogP contribution in [0.4, 0.5) is 16.3 Å². The van der Waals surface area contributed by atoms with E-state index in [4.69, 9.17) is 28.3 Å². The number of carbonyl (C=O) groups excluding carboxylic acids is 1. The number of amides is 2. The molecule has 0 unspecified atom stereocenters. The minimum atomic E-state index is -0.447. The fourth-order valence-electron chi connectivity index (χ4n) is 4.65. The molecule has 5 rings (SSSR count). The van der Waals surface area contributed by atoms with Crippen LogP contribution in [0.1, 0.15) is 54.8 Å². The zero-order valence-corrected chi connectivity index (χ0v) is 19.3. The first-order valence-electron chi connectivity index (χ1n) is 11.0. The summed E-state index contributed by atoms with van der Waals surface area (Å²) in [6.07, 6.45) is 6.09. The van der Waals surface area contributed by atoms with Crippen molar-refractivity contribution >= 4 is 46.4 Å². The number of hydrogen-bond donors (Lipinski definition) is 3. The van der Waals surface area contributed by atoms with Gasteiger partial charge in [-0.25, -0.2) is 9.48 Å². The molecule has 0 radical (unpaired) electrons. The zero-order valence-electron chi connectivity index (χ0n) is 17.8. The SMILES string of the molecule is O=C(Nc1cccc(Cl)c1Cl)Nc1cc(C2CCCC2)nn1-c1ccc2c(c1)/C(=N\O)CC2. The molecule has 33 heavy (non-hydrogen) atoms. The fourth-order valence-corrected chi connectivity index (χ4v) is 5.00. The Bertz CT molecular complexity index is 1250. The monoisotopic (exact) mass is 483 g/mol. The number of nitrogens with zero attached hydrogens (tertiary/aromatic N) is 3. The number of oxime groups is 1. The minimum Gasteiger partial charge on any atom is -0.411 e. The third kappa shape index (κ3) is 4.30. The van der Waals surface area contributed by atoms with Gasteiger partial charge in [-0.2, -0.15) is 5.10 Å². The highest BCUT2D eigenvalue weighted by Crippen LogP contribution is 2.36. The number of hydrogen-bond acceptors (Lipinski definition) is 4. The summed E-state index contributed by atoms with van der Waals surface area (Å²) in [7, 11) is 0. The van der Waals surface area contributed by atoms with E-state index >= 15 is 0 Å². The lowest BCUT2D eigenvalue weighted by molar-refractivity contribution is 0.262. The van der Waals surface area contributed by atoms with Gasteiger partial charge >= 0.3 is 6.03 Å². The Morgan fingerprint density at radius 1 is 1.09 bits per heavy atom. The lowest BCUT2D eigenvalue weighted by atomic mass is 10.0. The van der Waals surface area contributed by atoms with Crippen LogP contribution in [0.25, 0.3) is 5.69 Å². The van der Waals surface area contributed by atoms with Crippen LogP contribution in [0.5, 0.6) is 0 Å². The molecule has 1 heterocycles. The van der Waals surface area contributed by atoms with E-state index in [1.807, 2.05) is 24.3 Å². The molecule has 7 nitrogen and oxygen atoms in total. The van der Waals surface area contributed by atoms with Gasteiger partial charge in [0, 0.05) is 17.5 Å². The molecule has 3 aromatic rings. The molecule has 2 aromatic carbocycles. The summed E-state index contributed by atoms with van der Waals surface area (Å²) in [6, 6.07) is 12.5.